The van der Waals surface area contributed by atoms with Gasteiger partial charge >= 0.3 is 6.03 Å². The second kappa shape index (κ2) is 11.0. The number of hydrogen-bond donors (Lipinski definition) is 1. The summed E-state index contributed by atoms with van der Waals surface area (Å²) in [6.07, 6.45) is 8.38. The van der Waals surface area contributed by atoms with Crippen molar-refractivity contribution >= 4 is 6.03 Å². The van der Waals surface area contributed by atoms with Crippen LogP contribution in [0.3, 0.4) is 0 Å². The average Bonchev–Trinajstić information content (AvgIpc) is 2.82. The summed E-state index contributed by atoms with van der Waals surface area (Å²) in [4.78, 5) is 15.6. The minimum atomic E-state index is -0.545. The summed E-state index contributed by atoms with van der Waals surface area (Å²) in [7, 11) is 0. The molecule has 1 aromatic rings. The van der Waals surface area contributed by atoms with Gasteiger partial charge in [-0.3, -0.25) is 5.01 Å². The topological polar surface area (TPSA) is 47.0 Å². The van der Waals surface area contributed by atoms with Crippen LogP contribution in [0, 0.1) is 5.92 Å². The van der Waals surface area contributed by atoms with E-state index in [1.165, 1.54) is 37.7 Å². The molecule has 29 heavy (non-hydrogen) atoms. The molecule has 1 saturated heterocycles. The van der Waals surface area contributed by atoms with Crippen molar-refractivity contribution in [3.63, 3.8) is 0 Å². The van der Waals surface area contributed by atoms with Gasteiger partial charge in [0.1, 0.15) is 0 Å². The van der Waals surface area contributed by atoms with Crippen LogP contribution in [0.2, 0.25) is 0 Å². The van der Waals surface area contributed by atoms with Crippen LogP contribution in [0.5, 0.6) is 0 Å². The van der Waals surface area contributed by atoms with Crippen LogP contribution in [0.15, 0.2) is 30.3 Å². The van der Waals surface area contributed by atoms with Crippen LogP contribution in [-0.4, -0.2) is 64.4 Å². The van der Waals surface area contributed by atoms with Crippen molar-refractivity contribution in [2.24, 2.45) is 5.92 Å². The molecule has 2 atom stereocenters. The maximum Gasteiger partial charge on any atom is 0.334 e. The zero-order valence-corrected chi connectivity index (χ0v) is 18.3. The Labute approximate surface area is 176 Å². The smallest absolute Gasteiger partial charge is 0.334 e. The molecule has 0 unspecified atom stereocenters. The Bertz CT molecular complexity index is 618. The number of hydrazine groups is 1. The Morgan fingerprint density at radius 1 is 1.00 bits per heavy atom. The van der Waals surface area contributed by atoms with Gasteiger partial charge in [-0.05, 0) is 43.6 Å². The Morgan fingerprint density at radius 2 is 1.69 bits per heavy atom. The van der Waals surface area contributed by atoms with Gasteiger partial charge < -0.3 is 10.0 Å². The predicted octanol–water partition coefficient (Wildman–Crippen LogP) is 4.31. The summed E-state index contributed by atoms with van der Waals surface area (Å²) in [6.45, 7) is 7.06. The number of amides is 2. The number of aliphatic hydroxyl groups excluding tert-OH is 1. The van der Waals surface area contributed by atoms with Gasteiger partial charge in [0.2, 0.25) is 0 Å². The SMILES string of the molecule is CCCN1C(=O)N(CCC)N(CC2CCCCC2)C[C@H](O)[C@@H]1Cc1ccccc1. The molecule has 1 aliphatic carbocycles. The molecule has 1 aliphatic heterocycles. The fourth-order valence-corrected chi connectivity index (χ4v) is 4.95. The minimum Gasteiger partial charge on any atom is -0.390 e. The first-order chi connectivity index (χ1) is 14.1. The Kier molecular flexibility index (Phi) is 8.37. The largest absolute Gasteiger partial charge is 0.390 e. The molecule has 0 aromatic heterocycles. The maximum atomic E-state index is 13.6. The first-order valence-corrected chi connectivity index (χ1v) is 11.7. The van der Waals surface area contributed by atoms with E-state index < -0.39 is 6.10 Å². The van der Waals surface area contributed by atoms with Gasteiger partial charge in [0, 0.05) is 26.2 Å². The average molecular weight is 402 g/mol. The molecule has 5 heteroatoms. The molecular formula is C24H39N3O2. The summed E-state index contributed by atoms with van der Waals surface area (Å²) < 4.78 is 0. The van der Waals surface area contributed by atoms with E-state index in [0.717, 1.165) is 25.9 Å². The van der Waals surface area contributed by atoms with Gasteiger partial charge in [-0.2, -0.15) is 0 Å². The molecule has 1 N–H and O–H groups in total. The molecule has 0 radical (unpaired) electrons. The van der Waals surface area contributed by atoms with Gasteiger partial charge in [0.05, 0.1) is 12.1 Å². The van der Waals surface area contributed by atoms with Crippen molar-refractivity contribution in [2.45, 2.75) is 77.4 Å². The minimum absolute atomic E-state index is 0.0713. The highest BCUT2D eigenvalue weighted by atomic mass is 16.3. The quantitative estimate of drug-likeness (QED) is 0.706. The van der Waals surface area contributed by atoms with Crippen molar-refractivity contribution in [2.75, 3.05) is 26.2 Å². The lowest BCUT2D eigenvalue weighted by atomic mass is 9.89. The van der Waals surface area contributed by atoms with Crippen LogP contribution in [0.1, 0.15) is 64.4 Å². The van der Waals surface area contributed by atoms with Crippen molar-refractivity contribution in [1.29, 1.82) is 0 Å². The number of carbonyl (C=O) groups excluding carboxylic acids is 1. The third kappa shape index (κ3) is 5.73. The standard InChI is InChI=1S/C24H39N3O2/c1-3-15-26-22(17-20-11-7-5-8-12-20)23(28)19-25(27(16-4-2)24(26)29)18-21-13-9-6-10-14-21/h5,7-8,11-12,21-23,28H,3-4,6,9-10,13-19H2,1-2H3/t22-,23-/m0/s1. The van der Waals surface area contributed by atoms with Crippen molar-refractivity contribution in [3.05, 3.63) is 35.9 Å². The van der Waals surface area contributed by atoms with E-state index in [-0.39, 0.29) is 12.1 Å². The van der Waals surface area contributed by atoms with Crippen LogP contribution in [0.25, 0.3) is 0 Å². The Morgan fingerprint density at radius 3 is 2.34 bits per heavy atom. The van der Waals surface area contributed by atoms with Gasteiger partial charge in [-0.15, -0.1) is 0 Å². The van der Waals surface area contributed by atoms with Gasteiger partial charge in [-0.25, -0.2) is 9.80 Å². The van der Waals surface area contributed by atoms with Crippen molar-refractivity contribution in [1.82, 2.24) is 14.9 Å². The van der Waals surface area contributed by atoms with E-state index in [1.807, 2.05) is 28.1 Å². The lowest BCUT2D eigenvalue weighted by Crippen LogP contribution is -2.53. The van der Waals surface area contributed by atoms with E-state index in [0.29, 0.717) is 25.4 Å². The highest BCUT2D eigenvalue weighted by Gasteiger charge is 2.39. The normalized spacial score (nSPS) is 24.7. The third-order valence-corrected chi connectivity index (χ3v) is 6.43. The van der Waals surface area contributed by atoms with Crippen molar-refractivity contribution in [3.8, 4) is 0 Å². The molecule has 5 nitrogen and oxygen atoms in total. The molecular weight excluding hydrogens is 362 g/mol. The van der Waals surface area contributed by atoms with Gasteiger partial charge in [0.25, 0.3) is 0 Å². The fourth-order valence-electron chi connectivity index (χ4n) is 4.95. The summed E-state index contributed by atoms with van der Waals surface area (Å²) in [6, 6.07) is 10.2. The molecule has 1 heterocycles. The van der Waals surface area contributed by atoms with Crippen molar-refractivity contribution < 1.29 is 9.90 Å². The number of benzene rings is 1. The highest BCUT2D eigenvalue weighted by molar-refractivity contribution is 5.75. The van der Waals surface area contributed by atoms with E-state index in [2.05, 4.69) is 31.0 Å². The number of carbonyl (C=O) groups is 1. The van der Waals surface area contributed by atoms with E-state index >= 15 is 0 Å². The molecule has 0 spiro atoms. The Hall–Kier alpha value is -1.59. The molecule has 2 amide bonds. The maximum absolute atomic E-state index is 13.6. The van der Waals surface area contributed by atoms with Crippen LogP contribution in [0.4, 0.5) is 4.79 Å². The highest BCUT2D eigenvalue weighted by Crippen LogP contribution is 2.28. The zero-order valence-electron chi connectivity index (χ0n) is 18.3. The lowest BCUT2D eigenvalue weighted by molar-refractivity contribution is -0.0233. The number of aliphatic hydroxyl groups is 1. The monoisotopic (exact) mass is 401 g/mol. The summed E-state index contributed by atoms with van der Waals surface area (Å²) in [5.41, 5.74) is 1.17. The summed E-state index contributed by atoms with van der Waals surface area (Å²) in [5.74, 6) is 0.633. The van der Waals surface area contributed by atoms with Gasteiger partial charge in [0.15, 0.2) is 0 Å². The second-order valence-electron chi connectivity index (χ2n) is 8.80. The summed E-state index contributed by atoms with van der Waals surface area (Å²) >= 11 is 0. The molecule has 162 valence electrons. The molecule has 2 fully saturated rings. The van der Waals surface area contributed by atoms with Crippen LogP contribution >= 0.6 is 0 Å². The van der Waals surface area contributed by atoms with E-state index in [4.69, 9.17) is 0 Å². The fraction of sp³-hybridized carbons (Fsp3) is 0.708. The molecule has 3 rings (SSSR count). The third-order valence-electron chi connectivity index (χ3n) is 6.43. The number of β-amino-alcohol motifs (C(OH)–C–C–N with tert-alkyl or cyclic N) is 1. The first-order valence-electron chi connectivity index (χ1n) is 11.7. The Balaban J connectivity index is 1.84. The summed E-state index contributed by atoms with van der Waals surface area (Å²) in [5, 5.41) is 15.4. The number of rotatable bonds is 8. The molecule has 2 aliphatic rings. The molecule has 1 aromatic carbocycles. The molecule has 1 saturated carbocycles. The van der Waals surface area contributed by atoms with E-state index in [1.54, 1.807) is 0 Å². The lowest BCUT2D eigenvalue weighted by Gasteiger charge is -2.38. The number of hydrogen-bond acceptors (Lipinski definition) is 3. The zero-order chi connectivity index (χ0) is 20.6. The van der Waals surface area contributed by atoms with Crippen LogP contribution in [-0.2, 0) is 6.42 Å². The number of urea groups is 1. The number of nitrogens with zero attached hydrogens (tertiary/aromatic N) is 3. The first kappa shape index (κ1) is 22.1. The van der Waals surface area contributed by atoms with Crippen LogP contribution < -0.4 is 0 Å². The van der Waals surface area contributed by atoms with Gasteiger partial charge in [-0.1, -0.05) is 63.4 Å². The van der Waals surface area contributed by atoms with E-state index in [9.17, 15) is 9.90 Å². The second-order valence-corrected chi connectivity index (χ2v) is 8.80. The molecule has 0 bridgehead atoms. The predicted molar refractivity (Wildman–Crippen MR) is 117 cm³/mol.